The van der Waals surface area contributed by atoms with E-state index in [9.17, 15) is 13.2 Å². The van der Waals surface area contributed by atoms with E-state index in [1.807, 2.05) is 30.3 Å². The van der Waals surface area contributed by atoms with Crippen LogP contribution in [0.3, 0.4) is 0 Å². The first-order valence-electron chi connectivity index (χ1n) is 7.33. The van der Waals surface area contributed by atoms with Gasteiger partial charge in [0.2, 0.25) is 15.9 Å². The molecule has 1 atom stereocenters. The second kappa shape index (κ2) is 7.71. The maximum absolute atomic E-state index is 12.0. The first-order chi connectivity index (χ1) is 10.5. The quantitative estimate of drug-likeness (QED) is 0.787. The maximum Gasteiger partial charge on any atom is 0.248 e. The summed E-state index contributed by atoms with van der Waals surface area (Å²) in [4.78, 5) is 12.8. The molecule has 1 unspecified atom stereocenters. The van der Waals surface area contributed by atoms with Crippen LogP contribution in [0.25, 0.3) is 0 Å². The van der Waals surface area contributed by atoms with Crippen LogP contribution in [-0.2, 0) is 26.0 Å². The molecule has 0 bridgehead atoms. The minimum Gasteiger partial charge on any atom is -0.365 e. The van der Waals surface area contributed by atoms with Gasteiger partial charge in [-0.1, -0.05) is 30.3 Å². The van der Waals surface area contributed by atoms with E-state index in [0.29, 0.717) is 13.0 Å². The minimum absolute atomic E-state index is 0.0108. The zero-order chi connectivity index (χ0) is 16.0. The van der Waals surface area contributed by atoms with Crippen LogP contribution in [0.4, 0.5) is 0 Å². The second-order valence-electron chi connectivity index (χ2n) is 5.46. The van der Waals surface area contributed by atoms with Gasteiger partial charge in [0.15, 0.2) is 0 Å². The molecule has 1 aliphatic rings. The number of aryl methyl sites for hydroxylation is 1. The summed E-state index contributed by atoms with van der Waals surface area (Å²) in [6, 6.07) is 9.81. The standard InChI is InChI=1S/C15H22N2O4S/c1-17-11-14(21-12-15(17)18)10-16-22(19,20)9-5-8-13-6-3-2-4-7-13/h2-4,6-7,14,16H,5,8-12H2,1H3. The van der Waals surface area contributed by atoms with Crippen molar-refractivity contribution < 1.29 is 17.9 Å². The van der Waals surface area contributed by atoms with Gasteiger partial charge in [-0.25, -0.2) is 13.1 Å². The van der Waals surface area contributed by atoms with Crippen LogP contribution in [0.2, 0.25) is 0 Å². The fourth-order valence-corrected chi connectivity index (χ4v) is 3.39. The van der Waals surface area contributed by atoms with E-state index in [1.165, 1.54) is 0 Å². The van der Waals surface area contributed by atoms with Gasteiger partial charge < -0.3 is 9.64 Å². The smallest absolute Gasteiger partial charge is 0.248 e. The Bertz CT molecular complexity index is 589. The molecule has 0 spiro atoms. The number of sulfonamides is 1. The molecule has 1 saturated heterocycles. The summed E-state index contributed by atoms with van der Waals surface area (Å²) < 4.78 is 31.8. The van der Waals surface area contributed by atoms with Crippen LogP contribution in [0.15, 0.2) is 30.3 Å². The third-order valence-corrected chi connectivity index (χ3v) is 5.03. The predicted octanol–water partition coefficient (Wildman–Crippen LogP) is 0.396. The van der Waals surface area contributed by atoms with Gasteiger partial charge >= 0.3 is 0 Å². The molecular weight excluding hydrogens is 304 g/mol. The SMILES string of the molecule is CN1CC(CNS(=O)(=O)CCCc2ccccc2)OCC1=O. The number of hydrogen-bond donors (Lipinski definition) is 1. The molecule has 6 nitrogen and oxygen atoms in total. The molecule has 0 aromatic heterocycles. The van der Waals surface area contributed by atoms with E-state index >= 15 is 0 Å². The Kier molecular flexibility index (Phi) is 5.93. The second-order valence-corrected chi connectivity index (χ2v) is 7.39. The summed E-state index contributed by atoms with van der Waals surface area (Å²) in [5.41, 5.74) is 1.13. The fourth-order valence-electron chi connectivity index (χ4n) is 2.29. The van der Waals surface area contributed by atoms with Crippen molar-refractivity contribution >= 4 is 15.9 Å². The molecule has 22 heavy (non-hydrogen) atoms. The van der Waals surface area contributed by atoms with Gasteiger partial charge in [0, 0.05) is 20.1 Å². The first kappa shape index (κ1) is 16.9. The molecule has 1 amide bonds. The Morgan fingerprint density at radius 3 is 2.73 bits per heavy atom. The number of hydrogen-bond acceptors (Lipinski definition) is 4. The molecule has 1 fully saturated rings. The van der Waals surface area contributed by atoms with E-state index in [0.717, 1.165) is 12.0 Å². The summed E-state index contributed by atoms with van der Waals surface area (Å²) in [6.07, 6.45) is 1.02. The Balaban J connectivity index is 1.71. The first-order valence-corrected chi connectivity index (χ1v) is 8.98. The highest BCUT2D eigenvalue weighted by molar-refractivity contribution is 7.89. The van der Waals surface area contributed by atoms with Crippen molar-refractivity contribution in [3.63, 3.8) is 0 Å². The van der Waals surface area contributed by atoms with E-state index in [1.54, 1.807) is 11.9 Å². The van der Waals surface area contributed by atoms with E-state index < -0.39 is 10.0 Å². The third kappa shape index (κ3) is 5.40. The molecule has 1 N–H and O–H groups in total. The average Bonchev–Trinajstić information content (AvgIpc) is 2.49. The number of amides is 1. The highest BCUT2D eigenvalue weighted by Crippen LogP contribution is 2.06. The van der Waals surface area contributed by atoms with Gasteiger partial charge in [0.25, 0.3) is 0 Å². The number of benzene rings is 1. The molecule has 1 heterocycles. The van der Waals surface area contributed by atoms with Gasteiger partial charge in [-0.2, -0.15) is 0 Å². The molecular formula is C15H22N2O4S. The number of ether oxygens (including phenoxy) is 1. The van der Waals surface area contributed by atoms with E-state index in [2.05, 4.69) is 4.72 Å². The van der Waals surface area contributed by atoms with Gasteiger partial charge in [-0.05, 0) is 18.4 Å². The number of nitrogens with zero attached hydrogens (tertiary/aromatic N) is 1. The highest BCUT2D eigenvalue weighted by atomic mass is 32.2. The Hall–Kier alpha value is -1.44. The molecule has 1 aromatic carbocycles. The number of likely N-dealkylation sites (N-methyl/N-ethyl adjacent to an activating group) is 1. The lowest BCUT2D eigenvalue weighted by molar-refractivity contribution is -0.146. The van der Waals surface area contributed by atoms with Gasteiger partial charge in [-0.15, -0.1) is 0 Å². The largest absolute Gasteiger partial charge is 0.365 e. The summed E-state index contributed by atoms with van der Waals surface area (Å²) in [5, 5.41) is 0. The van der Waals surface area contributed by atoms with E-state index in [-0.39, 0.29) is 30.9 Å². The van der Waals surface area contributed by atoms with Crippen LogP contribution < -0.4 is 4.72 Å². The van der Waals surface area contributed by atoms with Gasteiger partial charge in [0.05, 0.1) is 11.9 Å². The van der Waals surface area contributed by atoms with Gasteiger partial charge in [-0.3, -0.25) is 4.79 Å². The van der Waals surface area contributed by atoms with E-state index in [4.69, 9.17) is 4.74 Å². The lowest BCUT2D eigenvalue weighted by Gasteiger charge is -2.29. The van der Waals surface area contributed by atoms with Gasteiger partial charge in [0.1, 0.15) is 6.61 Å². The Morgan fingerprint density at radius 2 is 2.05 bits per heavy atom. The molecule has 1 aromatic rings. The number of nitrogens with one attached hydrogen (secondary N) is 1. The number of carbonyl (C=O) groups is 1. The monoisotopic (exact) mass is 326 g/mol. The van der Waals surface area contributed by atoms with Crippen LogP contribution in [0, 0.1) is 0 Å². The summed E-state index contributed by atoms with van der Waals surface area (Å²) in [6.45, 7) is 0.619. The predicted molar refractivity (Wildman–Crippen MR) is 83.9 cm³/mol. The number of morpholine rings is 1. The lowest BCUT2D eigenvalue weighted by atomic mass is 10.1. The molecule has 7 heteroatoms. The molecule has 2 rings (SSSR count). The Labute approximate surface area is 131 Å². The molecule has 0 saturated carbocycles. The van der Waals surface area contributed by atoms with Crippen molar-refractivity contribution in [1.82, 2.24) is 9.62 Å². The van der Waals surface area contributed by atoms with Crippen molar-refractivity contribution in [1.29, 1.82) is 0 Å². The normalized spacial score (nSPS) is 19.4. The minimum atomic E-state index is -3.32. The molecule has 122 valence electrons. The van der Waals surface area contributed by atoms with Crippen molar-refractivity contribution in [2.45, 2.75) is 18.9 Å². The summed E-state index contributed by atoms with van der Waals surface area (Å²) in [5.74, 6) is 0.00518. The molecule has 0 aliphatic carbocycles. The molecule has 0 radical (unpaired) electrons. The van der Waals surface area contributed by atoms with Crippen LogP contribution >= 0.6 is 0 Å². The van der Waals surface area contributed by atoms with Crippen molar-refractivity contribution in [3.8, 4) is 0 Å². The van der Waals surface area contributed by atoms with Crippen molar-refractivity contribution in [2.24, 2.45) is 0 Å². The third-order valence-electron chi connectivity index (χ3n) is 3.60. The zero-order valence-corrected chi connectivity index (χ0v) is 13.5. The number of carbonyl (C=O) groups excluding carboxylic acids is 1. The van der Waals surface area contributed by atoms with Crippen molar-refractivity contribution in [2.75, 3.05) is 32.5 Å². The summed E-state index contributed by atoms with van der Waals surface area (Å²) in [7, 11) is -1.63. The Morgan fingerprint density at radius 1 is 1.32 bits per heavy atom. The zero-order valence-electron chi connectivity index (χ0n) is 12.7. The van der Waals surface area contributed by atoms with Crippen LogP contribution in [-0.4, -0.2) is 57.8 Å². The highest BCUT2D eigenvalue weighted by Gasteiger charge is 2.24. The van der Waals surface area contributed by atoms with Crippen molar-refractivity contribution in [3.05, 3.63) is 35.9 Å². The van der Waals surface area contributed by atoms with Crippen LogP contribution in [0.5, 0.6) is 0 Å². The van der Waals surface area contributed by atoms with Crippen LogP contribution in [0.1, 0.15) is 12.0 Å². The lowest BCUT2D eigenvalue weighted by Crippen LogP contribution is -2.48. The fraction of sp³-hybridized carbons (Fsp3) is 0.533. The topological polar surface area (TPSA) is 75.7 Å². The summed E-state index contributed by atoms with van der Waals surface area (Å²) >= 11 is 0. The average molecular weight is 326 g/mol. The maximum atomic E-state index is 12.0. The number of rotatable bonds is 7. The molecule has 1 aliphatic heterocycles.